The monoisotopic (exact) mass is 280 g/mol. The van der Waals surface area contributed by atoms with E-state index in [-0.39, 0.29) is 0 Å². The number of benzene rings is 2. The van der Waals surface area contributed by atoms with Gasteiger partial charge < -0.3 is 9.47 Å². The van der Waals surface area contributed by atoms with Gasteiger partial charge in [-0.1, -0.05) is 48.6 Å². The van der Waals surface area contributed by atoms with E-state index in [0.29, 0.717) is 5.75 Å². The number of hydrogen-bond donors (Lipinski definition) is 0. The van der Waals surface area contributed by atoms with Crippen LogP contribution in [-0.4, -0.2) is 13.1 Å². The Kier molecular flexibility index (Phi) is 5.35. The average Bonchev–Trinajstić information content (AvgIpc) is 2.53. The van der Waals surface area contributed by atoms with E-state index in [1.54, 1.807) is 43.5 Å². The lowest BCUT2D eigenvalue weighted by Crippen LogP contribution is -2.03. The van der Waals surface area contributed by atoms with Crippen molar-refractivity contribution < 1.29 is 14.3 Å². The van der Waals surface area contributed by atoms with Gasteiger partial charge in [-0.3, -0.25) is 0 Å². The minimum absolute atomic E-state index is 0.419. The van der Waals surface area contributed by atoms with Crippen LogP contribution >= 0.6 is 0 Å². The molecule has 0 heterocycles. The standard InChI is InChI=1S/C18H16O3/c1-20-16-11-13-17(14-12-16)21-18(19)10-6-5-9-15-7-3-2-4-8-15/h2-14H,1H3/b9-5+,10-6+. The van der Waals surface area contributed by atoms with Crippen LogP contribution in [0.4, 0.5) is 0 Å². The Morgan fingerprint density at radius 2 is 1.57 bits per heavy atom. The molecule has 2 rings (SSSR count). The quantitative estimate of drug-likeness (QED) is 0.361. The molecule has 0 radical (unpaired) electrons. The smallest absolute Gasteiger partial charge is 0.336 e. The van der Waals surface area contributed by atoms with Crippen molar-refractivity contribution in [2.75, 3.05) is 7.11 Å². The molecule has 0 bridgehead atoms. The van der Waals surface area contributed by atoms with Crippen LogP contribution in [0.2, 0.25) is 0 Å². The van der Waals surface area contributed by atoms with Crippen molar-refractivity contribution in [2.45, 2.75) is 0 Å². The first-order valence-electron chi connectivity index (χ1n) is 6.53. The molecular weight excluding hydrogens is 264 g/mol. The molecule has 0 saturated carbocycles. The lowest BCUT2D eigenvalue weighted by Gasteiger charge is -2.02. The highest BCUT2D eigenvalue weighted by Gasteiger charge is 1.99. The molecule has 0 atom stereocenters. The zero-order valence-electron chi connectivity index (χ0n) is 11.7. The SMILES string of the molecule is COc1ccc(OC(=O)/C=C/C=C/c2ccccc2)cc1. The van der Waals surface area contributed by atoms with Gasteiger partial charge in [-0.15, -0.1) is 0 Å². The summed E-state index contributed by atoms with van der Waals surface area (Å²) in [5.41, 5.74) is 1.07. The van der Waals surface area contributed by atoms with Gasteiger partial charge in [0.25, 0.3) is 0 Å². The third-order valence-corrected chi connectivity index (χ3v) is 2.71. The van der Waals surface area contributed by atoms with Gasteiger partial charge in [0.05, 0.1) is 7.11 Å². The van der Waals surface area contributed by atoms with Gasteiger partial charge in [0.1, 0.15) is 11.5 Å². The van der Waals surface area contributed by atoms with Gasteiger partial charge in [-0.25, -0.2) is 4.79 Å². The molecular formula is C18H16O3. The maximum Gasteiger partial charge on any atom is 0.336 e. The number of allylic oxidation sites excluding steroid dienone is 2. The number of carbonyl (C=O) groups excluding carboxylic acids is 1. The zero-order chi connectivity index (χ0) is 14.9. The van der Waals surface area contributed by atoms with E-state index >= 15 is 0 Å². The molecule has 0 aliphatic heterocycles. The highest BCUT2D eigenvalue weighted by molar-refractivity contribution is 5.84. The summed E-state index contributed by atoms with van der Waals surface area (Å²) >= 11 is 0. The van der Waals surface area contributed by atoms with Gasteiger partial charge in [-0.05, 0) is 29.8 Å². The van der Waals surface area contributed by atoms with Crippen LogP contribution < -0.4 is 9.47 Å². The number of carbonyl (C=O) groups is 1. The predicted octanol–water partition coefficient (Wildman–Crippen LogP) is 3.87. The van der Waals surface area contributed by atoms with E-state index in [9.17, 15) is 4.79 Å². The Morgan fingerprint density at radius 3 is 2.24 bits per heavy atom. The molecule has 0 aliphatic rings. The fourth-order valence-electron chi connectivity index (χ4n) is 1.66. The van der Waals surface area contributed by atoms with Gasteiger partial charge in [-0.2, -0.15) is 0 Å². The van der Waals surface area contributed by atoms with Gasteiger partial charge in [0.15, 0.2) is 0 Å². The van der Waals surface area contributed by atoms with Crippen molar-refractivity contribution in [1.82, 2.24) is 0 Å². The first-order valence-corrected chi connectivity index (χ1v) is 6.53. The topological polar surface area (TPSA) is 35.5 Å². The molecule has 21 heavy (non-hydrogen) atoms. The van der Waals surface area contributed by atoms with Crippen LogP contribution in [0.15, 0.2) is 72.8 Å². The summed E-state index contributed by atoms with van der Waals surface area (Å²) < 4.78 is 10.2. The lowest BCUT2D eigenvalue weighted by atomic mass is 10.2. The third kappa shape index (κ3) is 4.99. The van der Waals surface area contributed by atoms with E-state index in [2.05, 4.69) is 0 Å². The summed E-state index contributed by atoms with van der Waals surface area (Å²) in [6.45, 7) is 0. The maximum absolute atomic E-state index is 11.6. The Hall–Kier alpha value is -2.81. The number of esters is 1. The second-order valence-corrected chi connectivity index (χ2v) is 4.23. The maximum atomic E-state index is 11.6. The summed E-state index contributed by atoms with van der Waals surface area (Å²) in [7, 11) is 1.59. The number of rotatable bonds is 5. The Labute approximate surface area is 124 Å². The molecule has 0 aromatic heterocycles. The Morgan fingerprint density at radius 1 is 0.905 bits per heavy atom. The molecule has 0 saturated heterocycles. The minimum Gasteiger partial charge on any atom is -0.497 e. The number of ether oxygens (including phenoxy) is 2. The van der Waals surface area contributed by atoms with E-state index in [1.807, 2.05) is 36.4 Å². The molecule has 0 aliphatic carbocycles. The van der Waals surface area contributed by atoms with Crippen molar-refractivity contribution in [2.24, 2.45) is 0 Å². The van der Waals surface area contributed by atoms with E-state index in [1.165, 1.54) is 6.08 Å². The third-order valence-electron chi connectivity index (χ3n) is 2.71. The summed E-state index contributed by atoms with van der Waals surface area (Å²) in [6, 6.07) is 16.7. The highest BCUT2D eigenvalue weighted by Crippen LogP contribution is 2.17. The normalized spacial score (nSPS) is 10.9. The second kappa shape index (κ2) is 7.70. The molecule has 3 nitrogen and oxygen atoms in total. The van der Waals surface area contributed by atoms with Gasteiger partial charge in [0, 0.05) is 6.08 Å². The van der Waals surface area contributed by atoms with Crippen molar-refractivity contribution in [3.63, 3.8) is 0 Å². The highest BCUT2D eigenvalue weighted by atomic mass is 16.5. The molecule has 0 amide bonds. The summed E-state index contributed by atoms with van der Waals surface area (Å²) in [5, 5.41) is 0. The second-order valence-electron chi connectivity index (χ2n) is 4.23. The molecule has 0 N–H and O–H groups in total. The van der Waals surface area contributed by atoms with Crippen LogP contribution in [0.25, 0.3) is 6.08 Å². The van der Waals surface area contributed by atoms with Gasteiger partial charge >= 0.3 is 5.97 Å². The van der Waals surface area contributed by atoms with Crippen molar-refractivity contribution in [3.05, 3.63) is 78.4 Å². The predicted molar refractivity (Wildman–Crippen MR) is 83.2 cm³/mol. The van der Waals surface area contributed by atoms with Crippen molar-refractivity contribution in [1.29, 1.82) is 0 Å². The van der Waals surface area contributed by atoms with E-state index in [0.717, 1.165) is 11.3 Å². The summed E-state index contributed by atoms with van der Waals surface area (Å²) in [5.74, 6) is 0.784. The van der Waals surface area contributed by atoms with Crippen LogP contribution in [0.3, 0.4) is 0 Å². The van der Waals surface area contributed by atoms with Gasteiger partial charge in [0.2, 0.25) is 0 Å². The molecule has 2 aromatic rings. The summed E-state index contributed by atoms with van der Waals surface area (Å²) in [6.07, 6.45) is 6.74. The zero-order valence-corrected chi connectivity index (χ0v) is 11.7. The molecule has 0 unspecified atom stereocenters. The molecule has 0 spiro atoms. The molecule has 3 heteroatoms. The first-order chi connectivity index (χ1) is 10.3. The molecule has 0 fully saturated rings. The first kappa shape index (κ1) is 14.6. The van der Waals surface area contributed by atoms with E-state index in [4.69, 9.17) is 9.47 Å². The van der Waals surface area contributed by atoms with Crippen LogP contribution in [-0.2, 0) is 4.79 Å². The largest absolute Gasteiger partial charge is 0.497 e. The number of methoxy groups -OCH3 is 1. The molecule has 106 valence electrons. The Balaban J connectivity index is 1.86. The van der Waals surface area contributed by atoms with Crippen molar-refractivity contribution in [3.8, 4) is 11.5 Å². The Bertz CT molecular complexity index is 625. The van der Waals surface area contributed by atoms with E-state index < -0.39 is 5.97 Å². The molecule has 2 aromatic carbocycles. The number of hydrogen-bond acceptors (Lipinski definition) is 3. The lowest BCUT2D eigenvalue weighted by molar-refractivity contribution is -0.128. The minimum atomic E-state index is -0.419. The average molecular weight is 280 g/mol. The van der Waals surface area contributed by atoms with Crippen molar-refractivity contribution >= 4 is 12.0 Å². The van der Waals surface area contributed by atoms with Crippen LogP contribution in [0.5, 0.6) is 11.5 Å². The van der Waals surface area contributed by atoms with Crippen LogP contribution in [0.1, 0.15) is 5.56 Å². The fourth-order valence-corrected chi connectivity index (χ4v) is 1.66. The van der Waals surface area contributed by atoms with Crippen LogP contribution in [0, 0.1) is 0 Å². The fraction of sp³-hybridized carbons (Fsp3) is 0.0556. The summed E-state index contributed by atoms with van der Waals surface area (Å²) in [4.78, 5) is 11.6.